The predicted octanol–water partition coefficient (Wildman–Crippen LogP) is 4.26. The van der Waals surface area contributed by atoms with Crippen LogP contribution >= 0.6 is 0 Å². The van der Waals surface area contributed by atoms with Crippen LogP contribution in [0.5, 0.6) is 0 Å². The summed E-state index contributed by atoms with van der Waals surface area (Å²) >= 11 is 0. The molecule has 34 heavy (non-hydrogen) atoms. The van der Waals surface area contributed by atoms with E-state index in [0.717, 1.165) is 6.42 Å². The SMILES string of the molecule is CC(CCCNC(=O)OCC1c2ccccc2-c2ccccc21)C(=O)N1CCCC(C(=O)O)C1. The van der Waals surface area contributed by atoms with Crippen molar-refractivity contribution in [3.05, 3.63) is 59.7 Å². The first-order valence-electron chi connectivity index (χ1n) is 12.1. The molecule has 180 valence electrons. The molecule has 0 aromatic heterocycles. The number of nitrogens with zero attached hydrogens (tertiary/aromatic N) is 1. The molecule has 1 aliphatic heterocycles. The van der Waals surface area contributed by atoms with Gasteiger partial charge in [0.05, 0.1) is 5.92 Å². The van der Waals surface area contributed by atoms with Crippen LogP contribution < -0.4 is 5.32 Å². The Morgan fingerprint density at radius 2 is 1.74 bits per heavy atom. The Labute approximate surface area is 200 Å². The Bertz CT molecular complexity index is 1010. The zero-order valence-corrected chi connectivity index (χ0v) is 19.5. The van der Waals surface area contributed by atoms with Gasteiger partial charge in [0.15, 0.2) is 0 Å². The molecule has 0 bridgehead atoms. The lowest BCUT2D eigenvalue weighted by Crippen LogP contribution is -2.44. The molecule has 7 nitrogen and oxygen atoms in total. The van der Waals surface area contributed by atoms with E-state index in [-0.39, 0.29) is 30.9 Å². The number of hydrogen-bond acceptors (Lipinski definition) is 4. The first-order valence-corrected chi connectivity index (χ1v) is 12.1. The molecular formula is C27H32N2O5. The summed E-state index contributed by atoms with van der Waals surface area (Å²) < 4.78 is 5.54. The fourth-order valence-corrected chi connectivity index (χ4v) is 5.06. The van der Waals surface area contributed by atoms with Crippen molar-refractivity contribution < 1.29 is 24.2 Å². The summed E-state index contributed by atoms with van der Waals surface area (Å²) in [6.07, 6.45) is 2.15. The maximum absolute atomic E-state index is 12.7. The first kappa shape index (κ1) is 23.8. The van der Waals surface area contributed by atoms with Gasteiger partial charge >= 0.3 is 12.1 Å². The van der Waals surface area contributed by atoms with E-state index in [0.29, 0.717) is 32.4 Å². The summed E-state index contributed by atoms with van der Waals surface area (Å²) in [4.78, 5) is 37.9. The number of hydrogen-bond donors (Lipinski definition) is 2. The molecule has 1 fully saturated rings. The topological polar surface area (TPSA) is 95.9 Å². The largest absolute Gasteiger partial charge is 0.481 e. The number of piperidine rings is 1. The average molecular weight is 465 g/mol. The number of carbonyl (C=O) groups is 3. The second kappa shape index (κ2) is 10.7. The highest BCUT2D eigenvalue weighted by atomic mass is 16.5. The minimum absolute atomic E-state index is 0.00732. The van der Waals surface area contributed by atoms with Gasteiger partial charge in [0.25, 0.3) is 0 Å². The number of likely N-dealkylation sites (tertiary alicyclic amines) is 1. The van der Waals surface area contributed by atoms with E-state index in [1.807, 2.05) is 31.2 Å². The molecule has 0 spiro atoms. The third-order valence-corrected chi connectivity index (χ3v) is 6.93. The Balaban J connectivity index is 1.20. The molecule has 2 aromatic carbocycles. The van der Waals surface area contributed by atoms with Crippen LogP contribution in [-0.2, 0) is 14.3 Å². The second-order valence-corrected chi connectivity index (χ2v) is 9.26. The van der Waals surface area contributed by atoms with Gasteiger partial charge in [-0.3, -0.25) is 9.59 Å². The molecule has 1 saturated heterocycles. The van der Waals surface area contributed by atoms with Crippen molar-refractivity contribution in [3.63, 3.8) is 0 Å². The van der Waals surface area contributed by atoms with E-state index in [9.17, 15) is 19.5 Å². The molecule has 2 N–H and O–H groups in total. The van der Waals surface area contributed by atoms with E-state index >= 15 is 0 Å². The van der Waals surface area contributed by atoms with Crippen molar-refractivity contribution in [1.82, 2.24) is 10.2 Å². The van der Waals surface area contributed by atoms with Crippen LogP contribution in [0.15, 0.2) is 48.5 Å². The molecule has 0 radical (unpaired) electrons. The van der Waals surface area contributed by atoms with Gasteiger partial charge in [-0.1, -0.05) is 55.5 Å². The summed E-state index contributed by atoms with van der Waals surface area (Å²) in [5.74, 6) is -1.50. The third-order valence-electron chi connectivity index (χ3n) is 6.93. The molecule has 2 aromatic rings. The number of rotatable bonds is 8. The highest BCUT2D eigenvalue weighted by molar-refractivity contribution is 5.80. The van der Waals surface area contributed by atoms with Crippen LogP contribution in [0.4, 0.5) is 4.79 Å². The van der Waals surface area contributed by atoms with Crippen LogP contribution in [-0.4, -0.2) is 54.2 Å². The van der Waals surface area contributed by atoms with Crippen LogP contribution in [0.3, 0.4) is 0 Å². The minimum Gasteiger partial charge on any atom is -0.481 e. The van der Waals surface area contributed by atoms with Gasteiger partial charge in [-0.25, -0.2) is 4.79 Å². The summed E-state index contributed by atoms with van der Waals surface area (Å²) in [6, 6.07) is 16.4. The summed E-state index contributed by atoms with van der Waals surface area (Å²) in [5.41, 5.74) is 4.72. The summed E-state index contributed by atoms with van der Waals surface area (Å²) in [6.45, 7) is 3.46. The van der Waals surface area contributed by atoms with Gasteiger partial charge < -0.3 is 20.1 Å². The van der Waals surface area contributed by atoms with Crippen molar-refractivity contribution in [2.45, 2.75) is 38.5 Å². The zero-order valence-electron chi connectivity index (χ0n) is 19.5. The number of fused-ring (bicyclic) bond motifs is 3. The number of nitrogens with one attached hydrogen (secondary N) is 1. The molecule has 2 unspecified atom stereocenters. The highest BCUT2D eigenvalue weighted by Gasteiger charge is 2.30. The standard InChI is InChI=1S/C27H32N2O5/c1-18(25(30)29-15-7-9-19(16-29)26(31)32)8-6-14-28-27(33)34-17-24-22-12-4-2-10-20(22)21-11-3-5-13-23(21)24/h2-5,10-13,18-19,24H,6-9,14-17H2,1H3,(H,28,33)(H,31,32). The molecule has 2 aliphatic rings. The van der Waals surface area contributed by atoms with Crippen LogP contribution in [0.25, 0.3) is 11.1 Å². The molecular weight excluding hydrogens is 432 g/mol. The van der Waals surface area contributed by atoms with E-state index in [1.54, 1.807) is 4.90 Å². The number of carbonyl (C=O) groups excluding carboxylic acids is 2. The van der Waals surface area contributed by atoms with E-state index in [2.05, 4.69) is 29.6 Å². The number of alkyl carbamates (subject to hydrolysis) is 1. The fraction of sp³-hybridized carbons (Fsp3) is 0.444. The van der Waals surface area contributed by atoms with Crippen molar-refractivity contribution in [2.24, 2.45) is 11.8 Å². The Morgan fingerprint density at radius 1 is 1.09 bits per heavy atom. The predicted molar refractivity (Wildman–Crippen MR) is 128 cm³/mol. The molecule has 2 atom stereocenters. The summed E-state index contributed by atoms with van der Waals surface area (Å²) in [5, 5.41) is 12.0. The Morgan fingerprint density at radius 3 is 2.38 bits per heavy atom. The fourth-order valence-electron chi connectivity index (χ4n) is 5.06. The van der Waals surface area contributed by atoms with E-state index < -0.39 is 18.0 Å². The number of amides is 2. The maximum atomic E-state index is 12.7. The Hall–Kier alpha value is -3.35. The van der Waals surface area contributed by atoms with Gasteiger partial charge in [-0.15, -0.1) is 0 Å². The van der Waals surface area contributed by atoms with Gasteiger partial charge in [0.2, 0.25) is 5.91 Å². The maximum Gasteiger partial charge on any atom is 0.407 e. The van der Waals surface area contributed by atoms with Crippen molar-refractivity contribution in [1.29, 1.82) is 0 Å². The summed E-state index contributed by atoms with van der Waals surface area (Å²) in [7, 11) is 0. The van der Waals surface area contributed by atoms with Crippen molar-refractivity contribution in [3.8, 4) is 11.1 Å². The third kappa shape index (κ3) is 5.24. The van der Waals surface area contributed by atoms with Gasteiger partial charge in [0.1, 0.15) is 6.61 Å². The monoisotopic (exact) mass is 464 g/mol. The minimum atomic E-state index is -0.836. The number of carboxylic acid groups (broad SMARTS) is 1. The molecule has 1 aliphatic carbocycles. The van der Waals surface area contributed by atoms with E-state index in [4.69, 9.17) is 4.74 Å². The number of benzene rings is 2. The molecule has 0 saturated carbocycles. The lowest BCUT2D eigenvalue weighted by molar-refractivity contribution is -0.146. The quantitative estimate of drug-likeness (QED) is 0.569. The van der Waals surface area contributed by atoms with Gasteiger partial charge in [-0.2, -0.15) is 0 Å². The lowest BCUT2D eigenvalue weighted by atomic mass is 9.96. The number of carboxylic acids is 1. The normalized spacial score (nSPS) is 18.0. The van der Waals surface area contributed by atoms with Crippen molar-refractivity contribution >= 4 is 18.0 Å². The van der Waals surface area contributed by atoms with Crippen molar-refractivity contribution in [2.75, 3.05) is 26.2 Å². The van der Waals surface area contributed by atoms with Gasteiger partial charge in [-0.05, 0) is 47.9 Å². The van der Waals surface area contributed by atoms with Crippen LogP contribution in [0, 0.1) is 11.8 Å². The Kier molecular flexibility index (Phi) is 7.50. The molecule has 7 heteroatoms. The molecule has 2 amide bonds. The number of ether oxygens (including phenoxy) is 1. The van der Waals surface area contributed by atoms with E-state index in [1.165, 1.54) is 22.3 Å². The number of aliphatic carboxylic acids is 1. The average Bonchev–Trinajstić information content (AvgIpc) is 3.18. The van der Waals surface area contributed by atoms with Crippen LogP contribution in [0.1, 0.15) is 49.7 Å². The first-order chi connectivity index (χ1) is 16.5. The highest BCUT2D eigenvalue weighted by Crippen LogP contribution is 2.44. The molecule has 1 heterocycles. The molecule has 4 rings (SSSR count). The van der Waals surface area contributed by atoms with Crippen LogP contribution in [0.2, 0.25) is 0 Å². The zero-order chi connectivity index (χ0) is 24.1. The smallest absolute Gasteiger partial charge is 0.407 e. The lowest BCUT2D eigenvalue weighted by Gasteiger charge is -2.32. The van der Waals surface area contributed by atoms with Gasteiger partial charge in [0, 0.05) is 31.5 Å². The second-order valence-electron chi connectivity index (χ2n) is 9.26.